The minimum atomic E-state index is 0.299. The maximum atomic E-state index is 8.67. The van der Waals surface area contributed by atoms with E-state index in [0.717, 1.165) is 12.8 Å². The Bertz CT molecular complexity index is 267. The summed E-state index contributed by atoms with van der Waals surface area (Å²) in [5, 5.41) is 8.67. The highest BCUT2D eigenvalue weighted by Crippen LogP contribution is 2.13. The SMILES string of the molecule is CCCCCCCCCCCCCCCCC=CC=CCCCO. The van der Waals surface area contributed by atoms with Crippen LogP contribution in [0.4, 0.5) is 0 Å². The lowest BCUT2D eigenvalue weighted by Crippen LogP contribution is -1.83. The minimum absolute atomic E-state index is 0.299. The number of hydrogen-bond acceptors (Lipinski definition) is 1. The molecule has 0 saturated heterocycles. The number of aliphatic hydroxyl groups is 1. The van der Waals surface area contributed by atoms with E-state index in [1.54, 1.807) is 0 Å². The number of aliphatic hydroxyl groups excluding tert-OH is 1. The third-order valence-electron chi connectivity index (χ3n) is 4.64. The molecule has 0 atom stereocenters. The van der Waals surface area contributed by atoms with E-state index in [-0.39, 0.29) is 0 Å². The zero-order valence-corrected chi connectivity index (χ0v) is 16.5. The lowest BCUT2D eigenvalue weighted by atomic mass is 10.0. The predicted molar refractivity (Wildman–Crippen MR) is 110 cm³/mol. The lowest BCUT2D eigenvalue weighted by molar-refractivity contribution is 0.289. The highest BCUT2D eigenvalue weighted by molar-refractivity contribution is 5.02. The highest BCUT2D eigenvalue weighted by Gasteiger charge is 1.93. The Morgan fingerprint density at radius 2 is 0.875 bits per heavy atom. The monoisotopic (exact) mass is 336 g/mol. The molecule has 0 rings (SSSR count). The van der Waals surface area contributed by atoms with Crippen molar-refractivity contribution in [1.82, 2.24) is 0 Å². The maximum Gasteiger partial charge on any atom is 0.0433 e. The van der Waals surface area contributed by atoms with Gasteiger partial charge in [-0.2, -0.15) is 0 Å². The van der Waals surface area contributed by atoms with Crippen molar-refractivity contribution in [3.8, 4) is 0 Å². The van der Waals surface area contributed by atoms with Crippen molar-refractivity contribution >= 4 is 0 Å². The van der Waals surface area contributed by atoms with Crippen LogP contribution in [-0.2, 0) is 0 Å². The molecule has 0 saturated carbocycles. The predicted octanol–water partition coefficient (Wildman–Crippen LogP) is 7.74. The molecule has 0 aliphatic rings. The van der Waals surface area contributed by atoms with Gasteiger partial charge in [0.05, 0.1) is 0 Å². The number of unbranched alkanes of at least 4 members (excludes halogenated alkanes) is 15. The number of rotatable bonds is 19. The maximum absolute atomic E-state index is 8.67. The Morgan fingerprint density at radius 1 is 0.500 bits per heavy atom. The second-order valence-corrected chi connectivity index (χ2v) is 7.11. The van der Waals surface area contributed by atoms with Gasteiger partial charge in [0.25, 0.3) is 0 Å². The van der Waals surface area contributed by atoms with Crippen molar-refractivity contribution in [2.24, 2.45) is 0 Å². The Hall–Kier alpha value is -0.560. The molecule has 0 aromatic heterocycles. The smallest absolute Gasteiger partial charge is 0.0433 e. The Balaban J connectivity index is 3.07. The molecule has 0 aromatic rings. The molecule has 0 heterocycles. The normalized spacial score (nSPS) is 11.9. The third-order valence-corrected chi connectivity index (χ3v) is 4.64. The average Bonchev–Trinajstić information content (AvgIpc) is 2.60. The molecule has 0 aromatic carbocycles. The number of hydrogen-bond donors (Lipinski definition) is 1. The van der Waals surface area contributed by atoms with Crippen molar-refractivity contribution in [2.75, 3.05) is 6.61 Å². The molecule has 0 radical (unpaired) electrons. The van der Waals surface area contributed by atoms with Crippen LogP contribution in [0.25, 0.3) is 0 Å². The summed E-state index contributed by atoms with van der Waals surface area (Å²) < 4.78 is 0. The first-order chi connectivity index (χ1) is 11.9. The highest BCUT2D eigenvalue weighted by atomic mass is 16.2. The van der Waals surface area contributed by atoms with Crippen LogP contribution in [0.1, 0.15) is 116 Å². The molecule has 1 N–H and O–H groups in total. The first kappa shape index (κ1) is 23.4. The van der Waals surface area contributed by atoms with Gasteiger partial charge in [0.15, 0.2) is 0 Å². The fraction of sp³-hybridized carbons (Fsp3) is 0.826. The Kier molecular flexibility index (Phi) is 21.9. The van der Waals surface area contributed by atoms with Crippen LogP contribution in [0.5, 0.6) is 0 Å². The van der Waals surface area contributed by atoms with E-state index in [9.17, 15) is 0 Å². The molecule has 0 unspecified atom stereocenters. The van der Waals surface area contributed by atoms with Crippen molar-refractivity contribution in [2.45, 2.75) is 116 Å². The summed E-state index contributed by atoms with van der Waals surface area (Å²) in [6.07, 6.45) is 31.7. The van der Waals surface area contributed by atoms with Gasteiger partial charge in [-0.05, 0) is 25.7 Å². The first-order valence-corrected chi connectivity index (χ1v) is 10.8. The van der Waals surface area contributed by atoms with E-state index in [1.807, 2.05) is 0 Å². The molecule has 0 spiro atoms. The third kappa shape index (κ3) is 21.4. The van der Waals surface area contributed by atoms with E-state index in [0.29, 0.717) is 6.61 Å². The quantitative estimate of drug-likeness (QED) is 0.189. The van der Waals surface area contributed by atoms with E-state index in [2.05, 4.69) is 31.2 Å². The average molecular weight is 337 g/mol. The lowest BCUT2D eigenvalue weighted by Gasteiger charge is -2.02. The standard InChI is InChI=1S/C23H44O/c1-2-3-4-5-6-7-8-9-10-11-12-13-14-15-16-17-18-19-20-21-22-23-24/h17-20,24H,2-16,21-23H2,1H3. The van der Waals surface area contributed by atoms with Crippen LogP contribution in [0, 0.1) is 0 Å². The Labute approximate surface area is 152 Å². The topological polar surface area (TPSA) is 20.2 Å². The molecule has 0 bridgehead atoms. The van der Waals surface area contributed by atoms with Crippen LogP contribution in [0.2, 0.25) is 0 Å². The second-order valence-electron chi connectivity index (χ2n) is 7.11. The molecule has 24 heavy (non-hydrogen) atoms. The molecule has 1 heteroatoms. The molecule has 142 valence electrons. The van der Waals surface area contributed by atoms with Gasteiger partial charge >= 0.3 is 0 Å². The first-order valence-electron chi connectivity index (χ1n) is 10.8. The molecule has 0 fully saturated rings. The fourth-order valence-corrected chi connectivity index (χ4v) is 3.02. The van der Waals surface area contributed by atoms with Gasteiger partial charge in [0.1, 0.15) is 0 Å². The molecule has 0 amide bonds. The van der Waals surface area contributed by atoms with Crippen molar-refractivity contribution in [3.05, 3.63) is 24.3 Å². The summed E-state index contributed by atoms with van der Waals surface area (Å²) in [5.41, 5.74) is 0. The van der Waals surface area contributed by atoms with E-state index < -0.39 is 0 Å². The summed E-state index contributed by atoms with van der Waals surface area (Å²) in [6.45, 7) is 2.59. The van der Waals surface area contributed by atoms with Crippen molar-refractivity contribution in [3.63, 3.8) is 0 Å². The zero-order chi connectivity index (χ0) is 17.6. The van der Waals surface area contributed by atoms with Crippen LogP contribution < -0.4 is 0 Å². The Morgan fingerprint density at radius 3 is 1.29 bits per heavy atom. The molecular weight excluding hydrogens is 292 g/mol. The zero-order valence-electron chi connectivity index (χ0n) is 16.5. The van der Waals surface area contributed by atoms with Gasteiger partial charge in [0, 0.05) is 6.61 Å². The van der Waals surface area contributed by atoms with Gasteiger partial charge < -0.3 is 5.11 Å². The molecule has 1 nitrogen and oxygen atoms in total. The summed E-state index contributed by atoms with van der Waals surface area (Å²) >= 11 is 0. The summed E-state index contributed by atoms with van der Waals surface area (Å²) in [7, 11) is 0. The largest absolute Gasteiger partial charge is 0.396 e. The van der Waals surface area contributed by atoms with E-state index in [1.165, 1.54) is 96.3 Å². The van der Waals surface area contributed by atoms with E-state index >= 15 is 0 Å². The summed E-state index contributed by atoms with van der Waals surface area (Å²) in [5.74, 6) is 0. The molecule has 0 aliphatic heterocycles. The van der Waals surface area contributed by atoms with Crippen molar-refractivity contribution in [1.29, 1.82) is 0 Å². The van der Waals surface area contributed by atoms with Gasteiger partial charge in [-0.3, -0.25) is 0 Å². The molecule has 0 aliphatic carbocycles. The molecular formula is C23H44O. The fourth-order valence-electron chi connectivity index (χ4n) is 3.02. The number of allylic oxidation sites excluding steroid dienone is 4. The summed E-state index contributed by atoms with van der Waals surface area (Å²) in [4.78, 5) is 0. The van der Waals surface area contributed by atoms with Crippen LogP contribution in [-0.4, -0.2) is 11.7 Å². The van der Waals surface area contributed by atoms with E-state index in [4.69, 9.17) is 5.11 Å². The second kappa shape index (κ2) is 22.4. The van der Waals surface area contributed by atoms with Gasteiger partial charge in [-0.25, -0.2) is 0 Å². The minimum Gasteiger partial charge on any atom is -0.396 e. The van der Waals surface area contributed by atoms with Crippen LogP contribution >= 0.6 is 0 Å². The van der Waals surface area contributed by atoms with Crippen molar-refractivity contribution < 1.29 is 5.11 Å². The van der Waals surface area contributed by atoms with Crippen LogP contribution in [0.3, 0.4) is 0 Å². The van der Waals surface area contributed by atoms with Gasteiger partial charge in [-0.15, -0.1) is 0 Å². The van der Waals surface area contributed by atoms with Gasteiger partial charge in [0.2, 0.25) is 0 Å². The van der Waals surface area contributed by atoms with Gasteiger partial charge in [-0.1, -0.05) is 115 Å². The van der Waals surface area contributed by atoms with Crippen LogP contribution in [0.15, 0.2) is 24.3 Å². The summed E-state index contributed by atoms with van der Waals surface area (Å²) in [6, 6.07) is 0.